The molecule has 2 aromatic rings. The third-order valence-electron chi connectivity index (χ3n) is 3.53. The van der Waals surface area contributed by atoms with Crippen molar-refractivity contribution in [2.24, 2.45) is 0 Å². The minimum absolute atomic E-state index is 0.180. The monoisotopic (exact) mass is 351 g/mol. The molecule has 5 nitrogen and oxygen atoms in total. The number of hydrogen-bond donors (Lipinski definition) is 1. The summed E-state index contributed by atoms with van der Waals surface area (Å²) in [5, 5.41) is 6.84. The van der Waals surface area contributed by atoms with E-state index in [1.807, 2.05) is 0 Å². The van der Waals surface area contributed by atoms with Gasteiger partial charge in [-0.3, -0.25) is 14.3 Å². The maximum absolute atomic E-state index is 14.1. The van der Waals surface area contributed by atoms with E-state index in [9.17, 15) is 14.0 Å². The van der Waals surface area contributed by atoms with Crippen LogP contribution in [0.5, 0.6) is 0 Å². The summed E-state index contributed by atoms with van der Waals surface area (Å²) in [5.41, 5.74) is -0.104. The molecule has 1 N–H and O–H groups in total. The third kappa shape index (κ3) is 2.27. The first kappa shape index (κ1) is 13.9. The fourth-order valence-electron chi connectivity index (χ4n) is 2.52. The fraction of sp³-hybridized carbons (Fsp3) is 0.214. The second kappa shape index (κ2) is 4.77. The highest BCUT2D eigenvalue weighted by molar-refractivity contribution is 9.10. The largest absolute Gasteiger partial charge is 0.339 e. The second-order valence-electron chi connectivity index (χ2n) is 5.14. The molecule has 21 heavy (non-hydrogen) atoms. The van der Waals surface area contributed by atoms with Crippen LogP contribution in [0.15, 0.2) is 28.7 Å². The molecule has 1 aliphatic rings. The van der Waals surface area contributed by atoms with Gasteiger partial charge in [-0.1, -0.05) is 15.9 Å². The summed E-state index contributed by atoms with van der Waals surface area (Å²) in [6, 6.07) is 5.98. The molecule has 108 valence electrons. The number of nitrogens with zero attached hydrogens (tertiary/aromatic N) is 2. The molecule has 0 aliphatic carbocycles. The molecule has 0 spiro atoms. The molecule has 1 atom stereocenters. The van der Waals surface area contributed by atoms with Crippen LogP contribution in [0.1, 0.15) is 33.5 Å². The van der Waals surface area contributed by atoms with E-state index in [1.165, 1.54) is 16.8 Å². The highest BCUT2D eigenvalue weighted by Gasteiger charge is 2.38. The van der Waals surface area contributed by atoms with Crippen molar-refractivity contribution in [3.8, 4) is 0 Å². The number of carbonyl (C=O) groups is 2. The van der Waals surface area contributed by atoms with E-state index in [-0.39, 0.29) is 18.1 Å². The number of amides is 1. The van der Waals surface area contributed by atoms with E-state index in [0.717, 1.165) is 0 Å². The van der Waals surface area contributed by atoms with Crippen molar-refractivity contribution in [2.75, 3.05) is 0 Å². The number of hydrogen-bond acceptors (Lipinski definition) is 3. The lowest BCUT2D eigenvalue weighted by Crippen LogP contribution is -2.52. The standard InChI is InChI=1S/C14H11BrFN3O2/c1-14(10-4-8(15)2-3-11(10)16)7-19-12(13(21)17-14)5-9(6-20)18-19/h2-6H,7H2,1H3,(H,17,21)/t14-/m0/s1. The first-order chi connectivity index (χ1) is 9.93. The van der Waals surface area contributed by atoms with Crippen molar-refractivity contribution in [3.63, 3.8) is 0 Å². The average molecular weight is 352 g/mol. The second-order valence-corrected chi connectivity index (χ2v) is 6.06. The Balaban J connectivity index is 2.09. The van der Waals surface area contributed by atoms with E-state index >= 15 is 0 Å². The van der Waals surface area contributed by atoms with Gasteiger partial charge in [0.2, 0.25) is 0 Å². The number of halogens is 2. The van der Waals surface area contributed by atoms with Crippen LogP contribution >= 0.6 is 15.9 Å². The Morgan fingerprint density at radius 1 is 1.48 bits per heavy atom. The van der Waals surface area contributed by atoms with E-state index in [1.54, 1.807) is 19.1 Å². The van der Waals surface area contributed by atoms with Crippen LogP contribution in [0.3, 0.4) is 0 Å². The molecular formula is C14H11BrFN3O2. The lowest BCUT2D eigenvalue weighted by atomic mass is 9.89. The molecule has 0 saturated carbocycles. The highest BCUT2D eigenvalue weighted by atomic mass is 79.9. The minimum atomic E-state index is -0.940. The van der Waals surface area contributed by atoms with Crippen molar-refractivity contribution in [1.82, 2.24) is 15.1 Å². The lowest BCUT2D eigenvalue weighted by molar-refractivity contribution is 0.0835. The Morgan fingerprint density at radius 3 is 2.95 bits per heavy atom. The Labute approximate surface area is 128 Å². The number of carbonyl (C=O) groups excluding carboxylic acids is 2. The molecule has 1 amide bonds. The maximum Gasteiger partial charge on any atom is 0.270 e. The number of aldehydes is 1. The Kier molecular flexibility index (Phi) is 3.16. The number of benzene rings is 1. The quantitative estimate of drug-likeness (QED) is 0.844. The molecule has 2 heterocycles. The van der Waals surface area contributed by atoms with Crippen LogP contribution in [0.4, 0.5) is 4.39 Å². The van der Waals surface area contributed by atoms with E-state index in [2.05, 4.69) is 26.3 Å². The van der Waals surface area contributed by atoms with Crippen molar-refractivity contribution in [2.45, 2.75) is 19.0 Å². The molecule has 0 unspecified atom stereocenters. The summed E-state index contributed by atoms with van der Waals surface area (Å²) in [5.74, 6) is -0.795. The lowest BCUT2D eigenvalue weighted by Gasteiger charge is -2.35. The van der Waals surface area contributed by atoms with Crippen molar-refractivity contribution >= 4 is 28.1 Å². The summed E-state index contributed by atoms with van der Waals surface area (Å²) >= 11 is 3.30. The van der Waals surface area contributed by atoms with Gasteiger partial charge >= 0.3 is 0 Å². The van der Waals surface area contributed by atoms with Crippen LogP contribution in [-0.4, -0.2) is 22.0 Å². The van der Waals surface area contributed by atoms with Crippen molar-refractivity contribution in [3.05, 3.63) is 51.5 Å². The predicted molar refractivity (Wildman–Crippen MR) is 76.5 cm³/mol. The Hall–Kier alpha value is -2.02. The number of rotatable bonds is 2. The predicted octanol–water partition coefficient (Wildman–Crippen LogP) is 2.26. The molecule has 3 rings (SSSR count). The molecule has 7 heteroatoms. The molecule has 1 aliphatic heterocycles. The maximum atomic E-state index is 14.1. The third-order valence-corrected chi connectivity index (χ3v) is 4.02. The Bertz CT molecular complexity index is 759. The van der Waals surface area contributed by atoms with Gasteiger partial charge in [0, 0.05) is 10.0 Å². The van der Waals surface area contributed by atoms with Gasteiger partial charge < -0.3 is 5.32 Å². The van der Waals surface area contributed by atoms with E-state index < -0.39 is 11.4 Å². The van der Waals surface area contributed by atoms with Gasteiger partial charge in [0.05, 0.1) is 12.1 Å². The van der Waals surface area contributed by atoms with Gasteiger partial charge in [-0.15, -0.1) is 0 Å². The summed E-state index contributed by atoms with van der Waals surface area (Å²) in [7, 11) is 0. The van der Waals surface area contributed by atoms with Crippen LogP contribution in [0.25, 0.3) is 0 Å². The SMILES string of the molecule is C[C@@]1(c2cc(Br)ccc2F)Cn2nc(C=O)cc2C(=O)N1. The van der Waals surface area contributed by atoms with Crippen LogP contribution in [-0.2, 0) is 12.1 Å². The van der Waals surface area contributed by atoms with Crippen LogP contribution < -0.4 is 5.32 Å². The summed E-state index contributed by atoms with van der Waals surface area (Å²) < 4.78 is 16.3. The number of fused-ring (bicyclic) bond motifs is 1. The Morgan fingerprint density at radius 2 is 2.24 bits per heavy atom. The summed E-state index contributed by atoms with van der Waals surface area (Å²) in [6.45, 7) is 1.97. The average Bonchev–Trinajstić information content (AvgIpc) is 2.84. The normalized spacial score (nSPS) is 20.8. The van der Waals surface area contributed by atoms with Gasteiger partial charge in [0.1, 0.15) is 17.2 Å². The smallest absolute Gasteiger partial charge is 0.270 e. The molecule has 1 aromatic carbocycles. The molecule has 1 aromatic heterocycles. The molecule has 0 radical (unpaired) electrons. The van der Waals surface area contributed by atoms with Gasteiger partial charge in [0.15, 0.2) is 6.29 Å². The van der Waals surface area contributed by atoms with Gasteiger partial charge in [-0.2, -0.15) is 5.10 Å². The first-order valence-electron chi connectivity index (χ1n) is 6.24. The van der Waals surface area contributed by atoms with E-state index in [0.29, 0.717) is 22.0 Å². The first-order valence-corrected chi connectivity index (χ1v) is 7.03. The van der Waals surface area contributed by atoms with Gasteiger partial charge in [-0.05, 0) is 31.2 Å². The highest BCUT2D eigenvalue weighted by Crippen LogP contribution is 2.31. The van der Waals surface area contributed by atoms with Crippen molar-refractivity contribution in [1.29, 1.82) is 0 Å². The minimum Gasteiger partial charge on any atom is -0.339 e. The number of nitrogens with one attached hydrogen (secondary N) is 1. The molecule has 0 bridgehead atoms. The molecule has 0 saturated heterocycles. The summed E-state index contributed by atoms with van der Waals surface area (Å²) in [4.78, 5) is 23.0. The van der Waals surface area contributed by atoms with E-state index in [4.69, 9.17) is 0 Å². The molecular weight excluding hydrogens is 341 g/mol. The van der Waals surface area contributed by atoms with Gasteiger partial charge in [-0.25, -0.2) is 4.39 Å². The zero-order chi connectivity index (χ0) is 15.2. The molecule has 0 fully saturated rings. The van der Waals surface area contributed by atoms with Crippen molar-refractivity contribution < 1.29 is 14.0 Å². The summed E-state index contributed by atoms with van der Waals surface area (Å²) in [6.07, 6.45) is 0.579. The van der Waals surface area contributed by atoms with Gasteiger partial charge in [0.25, 0.3) is 5.91 Å². The zero-order valence-electron chi connectivity index (χ0n) is 11.1. The van der Waals surface area contributed by atoms with Crippen LogP contribution in [0.2, 0.25) is 0 Å². The number of aromatic nitrogens is 2. The zero-order valence-corrected chi connectivity index (χ0v) is 12.6. The van der Waals surface area contributed by atoms with Crippen LogP contribution in [0, 0.1) is 5.82 Å². The topological polar surface area (TPSA) is 64.0 Å². The fourth-order valence-corrected chi connectivity index (χ4v) is 2.89.